The predicted molar refractivity (Wildman–Crippen MR) is 104 cm³/mol. The van der Waals surface area contributed by atoms with Gasteiger partial charge in [-0.15, -0.1) is 0 Å². The zero-order chi connectivity index (χ0) is 19.4. The van der Waals surface area contributed by atoms with Gasteiger partial charge >= 0.3 is 5.97 Å². The highest BCUT2D eigenvalue weighted by atomic mass is 32.2. The highest BCUT2D eigenvalue weighted by molar-refractivity contribution is 8.18. The molecule has 0 aromatic heterocycles. The van der Waals surface area contributed by atoms with Crippen molar-refractivity contribution in [3.8, 4) is 11.5 Å². The van der Waals surface area contributed by atoms with Crippen LogP contribution >= 0.6 is 11.8 Å². The number of aliphatic carboxylic acids is 1. The van der Waals surface area contributed by atoms with Gasteiger partial charge in [-0.05, 0) is 59.8 Å². The van der Waals surface area contributed by atoms with Crippen LogP contribution in [0.25, 0.3) is 6.08 Å². The number of phenolic OH excluding ortho intramolecular Hbond substituents is 1. The van der Waals surface area contributed by atoms with Crippen molar-refractivity contribution in [2.24, 2.45) is 4.99 Å². The Morgan fingerprint density at radius 2 is 1.85 bits per heavy atom. The van der Waals surface area contributed by atoms with E-state index in [0.29, 0.717) is 15.8 Å². The number of amides is 1. The molecule has 0 atom stereocenters. The van der Waals surface area contributed by atoms with Gasteiger partial charge in [0, 0.05) is 12.7 Å². The van der Waals surface area contributed by atoms with Crippen LogP contribution in [0.4, 0.5) is 5.69 Å². The van der Waals surface area contributed by atoms with Crippen LogP contribution < -0.4 is 9.64 Å². The number of thioether (sulfide) groups is 1. The van der Waals surface area contributed by atoms with Gasteiger partial charge < -0.3 is 19.8 Å². The molecule has 0 aliphatic carbocycles. The van der Waals surface area contributed by atoms with Crippen molar-refractivity contribution < 1.29 is 24.5 Å². The molecule has 1 heterocycles. The number of carboxylic acids is 1. The van der Waals surface area contributed by atoms with Crippen LogP contribution in [0.1, 0.15) is 5.56 Å². The zero-order valence-corrected chi connectivity index (χ0v) is 15.1. The quantitative estimate of drug-likeness (QED) is 0.765. The van der Waals surface area contributed by atoms with Crippen molar-refractivity contribution in [1.29, 1.82) is 0 Å². The van der Waals surface area contributed by atoms with Crippen molar-refractivity contribution in [2.45, 2.75) is 0 Å². The van der Waals surface area contributed by atoms with Crippen LogP contribution in [0, 0.1) is 0 Å². The number of carbonyl (C=O) groups excluding carboxylic acids is 1. The van der Waals surface area contributed by atoms with Gasteiger partial charge in [0.1, 0.15) is 11.5 Å². The Labute approximate surface area is 159 Å². The van der Waals surface area contributed by atoms with Crippen molar-refractivity contribution in [3.05, 3.63) is 59.0 Å². The third kappa shape index (κ3) is 4.68. The molecule has 0 saturated heterocycles. The first-order chi connectivity index (χ1) is 12.9. The minimum Gasteiger partial charge on any atom is -0.508 e. The first-order valence-electron chi connectivity index (χ1n) is 7.92. The first-order valence-corrected chi connectivity index (χ1v) is 8.74. The van der Waals surface area contributed by atoms with E-state index in [0.717, 1.165) is 11.3 Å². The lowest BCUT2D eigenvalue weighted by Crippen LogP contribution is -2.21. The summed E-state index contributed by atoms with van der Waals surface area (Å²) in [6.07, 6.45) is 1.72. The maximum atomic E-state index is 12.2. The number of aliphatic imine (C=N–C) groups is 1. The smallest absolute Gasteiger partial charge is 0.341 e. The van der Waals surface area contributed by atoms with Gasteiger partial charge in [-0.3, -0.25) is 4.79 Å². The second-order valence-corrected chi connectivity index (χ2v) is 6.65. The SMILES string of the molecule is CN(C1=NC(=O)/C(=C\c2ccc(OCC(=O)O)cc2)S1)c1ccc(O)cc1. The maximum absolute atomic E-state index is 12.2. The summed E-state index contributed by atoms with van der Waals surface area (Å²) in [6.45, 7) is -0.407. The minimum absolute atomic E-state index is 0.167. The molecule has 1 amide bonds. The average molecular weight is 384 g/mol. The average Bonchev–Trinajstić information content (AvgIpc) is 3.01. The molecule has 3 rings (SSSR count). The Hall–Kier alpha value is -3.26. The van der Waals surface area contributed by atoms with Crippen LogP contribution in [-0.2, 0) is 9.59 Å². The number of hydrogen-bond donors (Lipinski definition) is 2. The number of anilines is 1. The molecule has 0 unspecified atom stereocenters. The van der Waals surface area contributed by atoms with Crippen LogP contribution in [0.15, 0.2) is 58.4 Å². The van der Waals surface area contributed by atoms with Crippen molar-refractivity contribution in [3.63, 3.8) is 0 Å². The molecule has 27 heavy (non-hydrogen) atoms. The number of phenols is 1. The molecule has 138 valence electrons. The molecule has 0 spiro atoms. The number of aromatic hydroxyl groups is 1. The van der Waals surface area contributed by atoms with E-state index >= 15 is 0 Å². The van der Waals surface area contributed by atoms with E-state index in [9.17, 15) is 14.7 Å². The van der Waals surface area contributed by atoms with Crippen LogP contribution in [0.3, 0.4) is 0 Å². The zero-order valence-electron chi connectivity index (χ0n) is 14.3. The normalized spacial score (nSPS) is 14.9. The third-order valence-electron chi connectivity index (χ3n) is 3.67. The summed E-state index contributed by atoms with van der Waals surface area (Å²) in [6, 6.07) is 13.4. The molecule has 1 aliphatic rings. The molecule has 0 fully saturated rings. The van der Waals surface area contributed by atoms with Gasteiger partial charge in [-0.1, -0.05) is 12.1 Å². The molecule has 0 radical (unpaired) electrons. The number of benzene rings is 2. The van der Waals surface area contributed by atoms with E-state index in [1.54, 1.807) is 66.6 Å². The lowest BCUT2D eigenvalue weighted by atomic mass is 10.2. The Bertz CT molecular complexity index is 920. The molecule has 0 saturated carbocycles. The van der Waals surface area contributed by atoms with E-state index in [4.69, 9.17) is 9.84 Å². The maximum Gasteiger partial charge on any atom is 0.341 e. The molecule has 7 nitrogen and oxygen atoms in total. The summed E-state index contributed by atoms with van der Waals surface area (Å²) in [5.41, 5.74) is 1.57. The second-order valence-electron chi connectivity index (χ2n) is 5.64. The fourth-order valence-corrected chi connectivity index (χ4v) is 3.18. The fraction of sp³-hybridized carbons (Fsp3) is 0.105. The predicted octanol–water partition coefficient (Wildman–Crippen LogP) is 2.96. The molecule has 1 aliphatic heterocycles. The number of nitrogens with zero attached hydrogens (tertiary/aromatic N) is 2. The number of carboxylic acid groups (broad SMARTS) is 1. The van der Waals surface area contributed by atoms with Gasteiger partial charge in [0.2, 0.25) is 0 Å². The Kier molecular flexibility index (Phi) is 5.46. The highest BCUT2D eigenvalue weighted by Gasteiger charge is 2.25. The molecular weight excluding hydrogens is 368 g/mol. The number of carbonyl (C=O) groups is 2. The van der Waals surface area contributed by atoms with Gasteiger partial charge in [-0.25, -0.2) is 4.79 Å². The van der Waals surface area contributed by atoms with Crippen molar-refractivity contribution in [2.75, 3.05) is 18.6 Å². The molecule has 2 N–H and O–H groups in total. The summed E-state index contributed by atoms with van der Waals surface area (Å²) in [5.74, 6) is -0.766. The van der Waals surface area contributed by atoms with E-state index < -0.39 is 12.6 Å². The van der Waals surface area contributed by atoms with Crippen molar-refractivity contribution >= 4 is 40.6 Å². The lowest BCUT2D eigenvalue weighted by Gasteiger charge is -2.17. The summed E-state index contributed by atoms with van der Waals surface area (Å²) in [5, 5.41) is 18.5. The van der Waals surface area contributed by atoms with Crippen LogP contribution in [0.2, 0.25) is 0 Å². The van der Waals surface area contributed by atoms with Gasteiger partial charge in [0.25, 0.3) is 5.91 Å². The Balaban J connectivity index is 1.69. The van der Waals surface area contributed by atoms with Crippen LogP contribution in [0.5, 0.6) is 11.5 Å². The molecule has 2 aromatic carbocycles. The Morgan fingerprint density at radius 3 is 2.48 bits per heavy atom. The van der Waals surface area contributed by atoms with E-state index in [1.807, 2.05) is 0 Å². The summed E-state index contributed by atoms with van der Waals surface area (Å²) >= 11 is 1.26. The topological polar surface area (TPSA) is 99.4 Å². The highest BCUT2D eigenvalue weighted by Crippen LogP contribution is 2.32. The Morgan fingerprint density at radius 1 is 1.19 bits per heavy atom. The monoisotopic (exact) mass is 384 g/mol. The third-order valence-corrected chi connectivity index (χ3v) is 4.73. The number of rotatable bonds is 5. The minimum atomic E-state index is -1.04. The lowest BCUT2D eigenvalue weighted by molar-refractivity contribution is -0.139. The van der Waals surface area contributed by atoms with Crippen molar-refractivity contribution in [1.82, 2.24) is 0 Å². The fourth-order valence-electron chi connectivity index (χ4n) is 2.28. The summed E-state index contributed by atoms with van der Waals surface area (Å²) in [4.78, 5) is 29.0. The van der Waals surface area contributed by atoms with Gasteiger partial charge in [-0.2, -0.15) is 4.99 Å². The van der Waals surface area contributed by atoms with Crippen LogP contribution in [-0.4, -0.2) is 40.9 Å². The number of amidine groups is 1. The number of ether oxygens (including phenoxy) is 1. The molecular formula is C19H16N2O5S. The second kappa shape index (κ2) is 7.96. The largest absolute Gasteiger partial charge is 0.508 e. The standard InChI is InChI=1S/C19H16N2O5S/c1-21(13-4-6-14(22)7-5-13)19-20-18(25)16(27-19)10-12-2-8-15(9-3-12)26-11-17(23)24/h2-10,22H,11H2,1H3,(H,23,24)/b16-10+. The van der Waals surface area contributed by atoms with Gasteiger partial charge in [0.05, 0.1) is 4.91 Å². The summed E-state index contributed by atoms with van der Waals surface area (Å²) < 4.78 is 5.08. The summed E-state index contributed by atoms with van der Waals surface area (Å²) in [7, 11) is 1.79. The molecule has 8 heteroatoms. The first kappa shape index (κ1) is 18.5. The molecule has 2 aromatic rings. The van der Waals surface area contributed by atoms with E-state index in [2.05, 4.69) is 4.99 Å². The molecule has 0 bridgehead atoms. The van der Waals surface area contributed by atoms with E-state index in [-0.39, 0.29) is 11.7 Å². The van der Waals surface area contributed by atoms with E-state index in [1.165, 1.54) is 11.8 Å². The van der Waals surface area contributed by atoms with Gasteiger partial charge in [0.15, 0.2) is 11.8 Å². The number of hydrogen-bond acceptors (Lipinski definition) is 6.